The van der Waals surface area contributed by atoms with Crippen molar-refractivity contribution in [2.45, 2.75) is 16.2 Å². The average Bonchev–Trinajstić information content (AvgIpc) is 2.77. The molecule has 3 rings (SSSR count). The number of methoxy groups -OCH3 is 1. The number of ether oxygens (including phenoxy) is 1. The number of rotatable bonds is 2. The first-order valence-electron chi connectivity index (χ1n) is 5.87. The lowest BCUT2D eigenvalue weighted by Gasteiger charge is -2.14. The zero-order valence-electron chi connectivity index (χ0n) is 10.0. The SMILES string of the molecule is COc1ccc(C2Sc3ccccc3C2O)cc1. The summed E-state index contributed by atoms with van der Waals surface area (Å²) in [6.45, 7) is 0. The molecule has 2 nitrogen and oxygen atoms in total. The van der Waals surface area contributed by atoms with Gasteiger partial charge in [-0.05, 0) is 29.3 Å². The first-order chi connectivity index (χ1) is 8.79. The molecule has 2 aromatic rings. The highest BCUT2D eigenvalue weighted by Gasteiger charge is 2.32. The van der Waals surface area contributed by atoms with E-state index in [0.717, 1.165) is 16.9 Å². The summed E-state index contributed by atoms with van der Waals surface area (Å²) in [5.74, 6) is 0.841. The standard InChI is InChI=1S/C15H14O2S/c1-17-11-8-6-10(7-9-11)15-14(16)12-4-2-3-5-13(12)18-15/h2-9,14-16H,1H3. The quantitative estimate of drug-likeness (QED) is 0.893. The largest absolute Gasteiger partial charge is 0.497 e. The molecule has 0 amide bonds. The molecule has 1 aliphatic heterocycles. The minimum atomic E-state index is -0.431. The molecule has 1 aliphatic rings. The highest BCUT2D eigenvalue weighted by atomic mass is 32.2. The summed E-state index contributed by atoms with van der Waals surface area (Å²) >= 11 is 1.72. The van der Waals surface area contributed by atoms with Crippen LogP contribution in [0.2, 0.25) is 0 Å². The summed E-state index contributed by atoms with van der Waals surface area (Å²) in [6.07, 6.45) is -0.431. The van der Waals surface area contributed by atoms with Crippen LogP contribution < -0.4 is 4.74 Å². The summed E-state index contributed by atoms with van der Waals surface area (Å²) in [5.41, 5.74) is 2.16. The second-order valence-electron chi connectivity index (χ2n) is 4.29. The van der Waals surface area contributed by atoms with Crippen LogP contribution in [0, 0.1) is 0 Å². The second kappa shape index (κ2) is 4.67. The van der Waals surface area contributed by atoms with Gasteiger partial charge in [0.15, 0.2) is 0 Å². The minimum absolute atomic E-state index is 0.0771. The van der Waals surface area contributed by atoms with E-state index in [1.165, 1.54) is 4.90 Å². The van der Waals surface area contributed by atoms with Crippen LogP contribution in [0.15, 0.2) is 53.4 Å². The second-order valence-corrected chi connectivity index (χ2v) is 5.48. The molecule has 2 aromatic carbocycles. The summed E-state index contributed by atoms with van der Waals surface area (Å²) in [4.78, 5) is 1.17. The van der Waals surface area contributed by atoms with Crippen molar-refractivity contribution in [3.8, 4) is 5.75 Å². The van der Waals surface area contributed by atoms with Crippen LogP contribution in [-0.4, -0.2) is 12.2 Å². The van der Waals surface area contributed by atoms with E-state index in [1.54, 1.807) is 18.9 Å². The van der Waals surface area contributed by atoms with Crippen molar-refractivity contribution in [1.82, 2.24) is 0 Å². The fourth-order valence-corrected chi connectivity index (χ4v) is 3.56. The first-order valence-corrected chi connectivity index (χ1v) is 6.75. The van der Waals surface area contributed by atoms with Crippen LogP contribution in [0.4, 0.5) is 0 Å². The lowest BCUT2D eigenvalue weighted by molar-refractivity contribution is 0.177. The molecule has 92 valence electrons. The fraction of sp³-hybridized carbons (Fsp3) is 0.200. The van der Waals surface area contributed by atoms with Crippen molar-refractivity contribution in [2.75, 3.05) is 7.11 Å². The Balaban J connectivity index is 1.91. The van der Waals surface area contributed by atoms with Crippen LogP contribution >= 0.6 is 11.8 Å². The molecule has 0 bridgehead atoms. The van der Waals surface area contributed by atoms with E-state index in [2.05, 4.69) is 6.07 Å². The highest BCUT2D eigenvalue weighted by Crippen LogP contribution is 2.52. The van der Waals surface area contributed by atoms with Crippen molar-refractivity contribution >= 4 is 11.8 Å². The summed E-state index contributed by atoms with van der Waals surface area (Å²) < 4.78 is 5.15. The lowest BCUT2D eigenvalue weighted by Crippen LogP contribution is -2.01. The van der Waals surface area contributed by atoms with E-state index in [9.17, 15) is 5.11 Å². The van der Waals surface area contributed by atoms with Gasteiger partial charge in [0.05, 0.1) is 18.5 Å². The molecule has 2 unspecified atom stereocenters. The zero-order chi connectivity index (χ0) is 12.5. The van der Waals surface area contributed by atoms with Crippen LogP contribution in [0.25, 0.3) is 0 Å². The topological polar surface area (TPSA) is 29.5 Å². The van der Waals surface area contributed by atoms with Gasteiger partial charge in [-0.15, -0.1) is 11.8 Å². The molecule has 0 saturated heterocycles. The van der Waals surface area contributed by atoms with E-state index in [1.807, 2.05) is 42.5 Å². The van der Waals surface area contributed by atoms with Crippen LogP contribution in [0.1, 0.15) is 22.5 Å². The Morgan fingerprint density at radius 3 is 2.44 bits per heavy atom. The van der Waals surface area contributed by atoms with Gasteiger partial charge in [0.25, 0.3) is 0 Å². The van der Waals surface area contributed by atoms with Gasteiger partial charge in [0.2, 0.25) is 0 Å². The fourth-order valence-electron chi connectivity index (χ4n) is 2.24. The van der Waals surface area contributed by atoms with Crippen LogP contribution in [0.3, 0.4) is 0 Å². The molecule has 18 heavy (non-hydrogen) atoms. The van der Waals surface area contributed by atoms with Crippen molar-refractivity contribution in [3.05, 3.63) is 59.7 Å². The maximum Gasteiger partial charge on any atom is 0.118 e. The third kappa shape index (κ3) is 1.89. The number of benzene rings is 2. The third-order valence-corrected chi connectivity index (χ3v) is 4.63. The molecule has 0 saturated carbocycles. The molecule has 1 N–H and O–H groups in total. The molecule has 3 heteroatoms. The van der Waals surface area contributed by atoms with Gasteiger partial charge >= 0.3 is 0 Å². The van der Waals surface area contributed by atoms with Gasteiger partial charge < -0.3 is 9.84 Å². The Hall–Kier alpha value is -1.45. The Labute approximate surface area is 111 Å². The summed E-state index contributed by atoms with van der Waals surface area (Å²) in [7, 11) is 1.66. The number of aliphatic hydroxyl groups is 1. The Morgan fingerprint density at radius 2 is 1.78 bits per heavy atom. The molecule has 0 radical (unpaired) electrons. The van der Waals surface area contributed by atoms with Gasteiger partial charge in [0, 0.05) is 4.90 Å². The maximum absolute atomic E-state index is 10.4. The van der Waals surface area contributed by atoms with Crippen molar-refractivity contribution < 1.29 is 9.84 Å². The predicted molar refractivity (Wildman–Crippen MR) is 73.0 cm³/mol. The number of thioether (sulfide) groups is 1. The smallest absolute Gasteiger partial charge is 0.118 e. The highest BCUT2D eigenvalue weighted by molar-refractivity contribution is 8.00. The Kier molecular flexibility index (Phi) is 3.02. The van der Waals surface area contributed by atoms with E-state index in [-0.39, 0.29) is 5.25 Å². The van der Waals surface area contributed by atoms with E-state index >= 15 is 0 Å². The lowest BCUT2D eigenvalue weighted by atomic mass is 10.0. The van der Waals surface area contributed by atoms with E-state index in [0.29, 0.717) is 0 Å². The third-order valence-electron chi connectivity index (χ3n) is 3.22. The van der Waals surface area contributed by atoms with Gasteiger partial charge in [-0.1, -0.05) is 30.3 Å². The maximum atomic E-state index is 10.4. The van der Waals surface area contributed by atoms with Crippen molar-refractivity contribution in [1.29, 1.82) is 0 Å². The van der Waals surface area contributed by atoms with Gasteiger partial charge in [-0.3, -0.25) is 0 Å². The van der Waals surface area contributed by atoms with Gasteiger partial charge in [-0.2, -0.15) is 0 Å². The van der Waals surface area contributed by atoms with Crippen LogP contribution in [0.5, 0.6) is 5.75 Å². The van der Waals surface area contributed by atoms with E-state index < -0.39 is 6.10 Å². The minimum Gasteiger partial charge on any atom is -0.497 e. The monoisotopic (exact) mass is 258 g/mol. The van der Waals surface area contributed by atoms with Gasteiger partial charge in [0.1, 0.15) is 5.75 Å². The van der Waals surface area contributed by atoms with Gasteiger partial charge in [-0.25, -0.2) is 0 Å². The Bertz CT molecular complexity index is 551. The van der Waals surface area contributed by atoms with Crippen LogP contribution in [-0.2, 0) is 0 Å². The molecule has 0 aliphatic carbocycles. The van der Waals surface area contributed by atoms with E-state index in [4.69, 9.17) is 4.74 Å². The predicted octanol–water partition coefficient (Wildman–Crippen LogP) is 3.58. The molecular formula is C15H14O2S. The molecule has 2 atom stereocenters. The zero-order valence-corrected chi connectivity index (χ0v) is 10.9. The summed E-state index contributed by atoms with van der Waals surface area (Å²) in [5, 5.41) is 10.4. The Morgan fingerprint density at radius 1 is 1.06 bits per heavy atom. The molecule has 0 spiro atoms. The molecular weight excluding hydrogens is 244 g/mol. The first kappa shape index (κ1) is 11.6. The molecule has 0 aromatic heterocycles. The number of hydrogen-bond acceptors (Lipinski definition) is 3. The number of aliphatic hydroxyl groups excluding tert-OH is 1. The van der Waals surface area contributed by atoms with Crippen molar-refractivity contribution in [3.63, 3.8) is 0 Å². The normalized spacial score (nSPS) is 21.7. The average molecular weight is 258 g/mol. The van der Waals surface area contributed by atoms with Crippen molar-refractivity contribution in [2.24, 2.45) is 0 Å². The molecule has 1 heterocycles. The molecule has 0 fully saturated rings. The number of hydrogen-bond donors (Lipinski definition) is 1. The number of fused-ring (bicyclic) bond motifs is 1. The summed E-state index contributed by atoms with van der Waals surface area (Å²) in [6, 6.07) is 16.0.